The number of halogens is 1. The molecule has 0 heterocycles. The van der Waals surface area contributed by atoms with Gasteiger partial charge >= 0.3 is 0 Å². The molecule has 0 amide bonds. The van der Waals surface area contributed by atoms with Crippen molar-refractivity contribution in [2.24, 2.45) is 10.8 Å². The van der Waals surface area contributed by atoms with Crippen molar-refractivity contribution in [3.63, 3.8) is 0 Å². The molecule has 0 fully saturated rings. The summed E-state index contributed by atoms with van der Waals surface area (Å²) in [6.45, 7) is 7.23. The first-order valence-corrected chi connectivity index (χ1v) is 29.7. The second kappa shape index (κ2) is 38.9. The summed E-state index contributed by atoms with van der Waals surface area (Å²) in [5, 5.41) is 40.8. The van der Waals surface area contributed by atoms with Gasteiger partial charge < -0.3 is 67.8 Å². The van der Waals surface area contributed by atoms with Crippen LogP contribution in [0.15, 0.2) is 109 Å². The number of alkyl halides is 1. The minimum atomic E-state index is -1.03. The van der Waals surface area contributed by atoms with Crippen LogP contribution >= 0.6 is 0 Å². The van der Waals surface area contributed by atoms with Crippen LogP contribution in [-0.4, -0.2) is 134 Å². The first-order valence-electron chi connectivity index (χ1n) is 30.4. The molecule has 0 spiro atoms. The van der Waals surface area contributed by atoms with E-state index < -0.39 is 30.2 Å². The standard InChI is InChI=1S/C25H36O6.C25H32O6.C21H24O6.CH3F/c2*1-25(2,23(26)13-9-17-7-11-19(28-3)21(15-17)30-5)24(27)14-10-18-8-12-20(29-4)22(16-18)31-6;1-26-20-11-14(5-9-18(20)24)3-7-16(22)13-17(23)8-4-15-6-10-19(25)21(12-15)27-2;1-2/h7-8,11-12,15-16,23-24,26-27H,9-10,13-14H2,1-6H3;7-8,11-12,15-16H,9-10,13-14H2,1-6H3;5-6,9-12,24-25H,3-4,7-8,13H2,1-2H3;1H3/i;;;1D. The number of carbonyl (C=O) groups excluding carboxylic acids is 4. The molecule has 0 saturated heterocycles. The highest BCUT2D eigenvalue weighted by molar-refractivity contribution is 6.06. The molecule has 2 unspecified atom stereocenters. The Morgan fingerprint density at radius 2 is 0.615 bits per heavy atom. The number of phenols is 2. The molecule has 0 aliphatic heterocycles. The number of aromatic hydroxyl groups is 2. The Bertz CT molecular complexity index is 3060. The van der Waals surface area contributed by atoms with E-state index in [-0.39, 0.29) is 66.7 Å². The maximum Gasteiger partial charge on any atom is 0.160 e. The van der Waals surface area contributed by atoms with Crippen molar-refractivity contribution in [3.8, 4) is 69.0 Å². The largest absolute Gasteiger partial charge is 0.504 e. The number of aliphatic hydroxyl groups excluding tert-OH is 2. The fourth-order valence-corrected chi connectivity index (χ4v) is 9.73. The fourth-order valence-electron chi connectivity index (χ4n) is 9.73. The van der Waals surface area contributed by atoms with E-state index in [9.17, 15) is 44.0 Å². The Labute approximate surface area is 537 Å². The lowest BCUT2D eigenvalue weighted by molar-refractivity contribution is -0.138. The van der Waals surface area contributed by atoms with Gasteiger partial charge in [-0.1, -0.05) is 50.2 Å². The highest BCUT2D eigenvalue weighted by atomic mass is 19.1. The van der Waals surface area contributed by atoms with Crippen LogP contribution < -0.4 is 47.4 Å². The van der Waals surface area contributed by atoms with Crippen molar-refractivity contribution in [2.45, 2.75) is 123 Å². The molecule has 2 atom stereocenters. The zero-order valence-corrected chi connectivity index (χ0v) is 55.3. The van der Waals surface area contributed by atoms with Crippen LogP contribution in [0.2, 0.25) is 0 Å². The predicted octanol–water partition coefficient (Wildman–Crippen LogP) is 12.3. The number of hydrogen-bond acceptors (Lipinski definition) is 18. The second-order valence-corrected chi connectivity index (χ2v) is 22.4. The van der Waals surface area contributed by atoms with E-state index in [4.69, 9.17) is 48.7 Å². The summed E-state index contributed by atoms with van der Waals surface area (Å²) in [4.78, 5) is 49.8. The summed E-state index contributed by atoms with van der Waals surface area (Å²) < 4.78 is 67.9. The number of ketones is 4. The van der Waals surface area contributed by atoms with Gasteiger partial charge in [-0.3, -0.25) is 23.6 Å². The van der Waals surface area contributed by atoms with Crippen LogP contribution in [0.25, 0.3) is 0 Å². The number of carbonyl (C=O) groups is 4. The summed E-state index contributed by atoms with van der Waals surface area (Å²) in [6, 6.07) is 32.5. The van der Waals surface area contributed by atoms with Crippen LogP contribution in [0.5, 0.6) is 69.0 Å². The first kappa shape index (κ1) is 74.9. The molecule has 4 N–H and O–H groups in total. The quantitative estimate of drug-likeness (QED) is 0.0275. The van der Waals surface area contributed by atoms with Crippen LogP contribution in [0.4, 0.5) is 4.39 Å². The smallest absolute Gasteiger partial charge is 0.160 e. The number of aryl methyl sites for hydroxylation is 6. The van der Waals surface area contributed by atoms with E-state index in [1.165, 1.54) is 26.4 Å². The second-order valence-electron chi connectivity index (χ2n) is 22.4. The molecule has 0 bridgehead atoms. The predicted molar refractivity (Wildman–Crippen MR) is 349 cm³/mol. The molecular weight excluding hydrogens is 1170 g/mol. The number of phenolic OH excluding ortho intramolecular Hbond substituents is 2. The number of methoxy groups -OCH3 is 10. The Morgan fingerprint density at radius 1 is 0.385 bits per heavy atom. The maximum atomic E-state index is 12.8. The van der Waals surface area contributed by atoms with Crippen molar-refractivity contribution in [1.82, 2.24) is 0 Å². The minimum absolute atomic E-state index is 0.0496. The summed E-state index contributed by atoms with van der Waals surface area (Å²) in [6.07, 6.45) is 4.14. The molecule has 0 saturated carbocycles. The molecule has 6 rings (SSSR count). The number of hydrogen-bond donors (Lipinski definition) is 4. The first-order chi connectivity index (χ1) is 43.9. The lowest BCUT2D eigenvalue weighted by atomic mass is 9.76. The Kier molecular flexibility index (Phi) is 32.0. The van der Waals surface area contributed by atoms with Gasteiger partial charge in [0.05, 0.1) is 104 Å². The van der Waals surface area contributed by atoms with Crippen molar-refractivity contribution in [1.29, 1.82) is 0 Å². The lowest BCUT2D eigenvalue weighted by Gasteiger charge is -2.35. The van der Waals surface area contributed by atoms with Gasteiger partial charge in [0.2, 0.25) is 0 Å². The highest BCUT2D eigenvalue weighted by Gasteiger charge is 2.36. The molecule has 91 heavy (non-hydrogen) atoms. The normalized spacial score (nSPS) is 11.6. The van der Waals surface area contributed by atoms with Gasteiger partial charge in [0, 0.05) is 31.1 Å². The molecule has 0 aromatic heterocycles. The number of rotatable bonds is 34. The molecule has 0 radical (unpaired) electrons. The number of benzene rings is 6. The number of aliphatic hydroxyl groups is 2. The Morgan fingerprint density at radius 3 is 0.879 bits per heavy atom. The lowest BCUT2D eigenvalue weighted by Crippen LogP contribution is -2.41. The molecule has 6 aromatic rings. The van der Waals surface area contributed by atoms with E-state index in [2.05, 4.69) is 0 Å². The molecule has 0 aliphatic rings. The van der Waals surface area contributed by atoms with E-state index in [1.807, 2.05) is 86.6 Å². The zero-order valence-electron chi connectivity index (χ0n) is 56.3. The van der Waals surface area contributed by atoms with Crippen LogP contribution in [0.3, 0.4) is 0 Å². The van der Waals surface area contributed by atoms with Crippen molar-refractivity contribution in [3.05, 3.63) is 143 Å². The zero-order chi connectivity index (χ0) is 68.6. The van der Waals surface area contributed by atoms with E-state index >= 15 is 0 Å². The monoisotopic (exact) mass is 1270 g/mol. The Balaban J connectivity index is 0.000000353. The van der Waals surface area contributed by atoms with Crippen LogP contribution in [-0.2, 0) is 57.7 Å². The van der Waals surface area contributed by atoms with E-state index in [0.717, 1.165) is 33.4 Å². The summed E-state index contributed by atoms with van der Waals surface area (Å²) in [5.74, 6) is 5.68. The van der Waals surface area contributed by atoms with E-state index in [1.54, 1.807) is 95.0 Å². The number of ether oxygens (including phenoxy) is 10. The van der Waals surface area contributed by atoms with Gasteiger partial charge in [0.25, 0.3) is 0 Å². The summed E-state index contributed by atoms with van der Waals surface area (Å²) in [7, 11) is 14.7. The van der Waals surface area contributed by atoms with Crippen LogP contribution in [0, 0.1) is 10.8 Å². The van der Waals surface area contributed by atoms with Gasteiger partial charge in [0.15, 0.2) is 69.0 Å². The summed E-state index contributed by atoms with van der Waals surface area (Å²) >= 11 is 0. The van der Waals surface area contributed by atoms with Crippen molar-refractivity contribution >= 4 is 23.1 Å². The fraction of sp³-hybridized carbons (Fsp3) is 0.444. The third-order valence-electron chi connectivity index (χ3n) is 15.9. The van der Waals surface area contributed by atoms with Gasteiger partial charge in [-0.2, -0.15) is 0 Å². The van der Waals surface area contributed by atoms with E-state index in [0.29, 0.717) is 109 Å². The van der Waals surface area contributed by atoms with Crippen molar-refractivity contribution < 1.29 is 92.7 Å². The number of Topliss-reactive ketones (excluding diaryl/α,β-unsaturated/α-hetero) is 4. The van der Waals surface area contributed by atoms with Gasteiger partial charge in [-0.25, -0.2) is 0 Å². The highest BCUT2D eigenvalue weighted by Crippen LogP contribution is 2.36. The molecular formula is C72H95FO18. The molecule has 0 aliphatic carbocycles. The van der Waals surface area contributed by atoms with Crippen molar-refractivity contribution in [2.75, 3.05) is 78.3 Å². The average molecular weight is 1270 g/mol. The van der Waals surface area contributed by atoms with Gasteiger partial charge in [0.1, 0.15) is 23.1 Å². The van der Waals surface area contributed by atoms with Gasteiger partial charge in [-0.15, -0.1) is 0 Å². The third-order valence-corrected chi connectivity index (χ3v) is 15.9. The third kappa shape index (κ3) is 23.6. The molecule has 19 heteroatoms. The SMILES string of the molecule is COc1cc(CCC(=O)CC(=O)CCc2ccc(O)c(OC)c2)ccc1O.COc1ccc(CCC(=O)C(C)(C)C(=O)CCc2ccc(OC)c(OC)c2)cc1OC.COc1ccc(CCC(O)C(C)(C)C(O)CCc2ccc(OC)c(OC)c2)cc1OC.[2H]CF. The van der Waals surface area contributed by atoms with Crippen LogP contribution in [0.1, 0.15) is 107 Å². The topological polar surface area (TPSA) is 241 Å². The maximum absolute atomic E-state index is 12.8. The molecule has 6 aromatic carbocycles. The minimum Gasteiger partial charge on any atom is -0.504 e. The van der Waals surface area contributed by atoms with Gasteiger partial charge in [-0.05, 0) is 171 Å². The Hall–Kier alpha value is -8.55. The molecule has 498 valence electrons. The summed E-state index contributed by atoms with van der Waals surface area (Å²) in [5.41, 5.74) is 4.06. The average Bonchev–Trinajstić information content (AvgIpc) is 1.92. The molecule has 18 nitrogen and oxygen atoms in total.